The third-order valence-electron chi connectivity index (χ3n) is 1.42. The van der Waals surface area contributed by atoms with Crippen molar-refractivity contribution in [3.63, 3.8) is 0 Å². The monoisotopic (exact) mass is 295 g/mol. The van der Waals surface area contributed by atoms with Gasteiger partial charge in [-0.2, -0.15) is 5.26 Å². The molecule has 0 saturated carbocycles. The van der Waals surface area contributed by atoms with Gasteiger partial charge < -0.3 is 5.73 Å². The fourth-order valence-corrected chi connectivity index (χ4v) is 1.39. The number of alkyl halides is 2. The van der Waals surface area contributed by atoms with E-state index in [2.05, 4.69) is 4.98 Å². The first-order valence-corrected chi connectivity index (χ1v) is 4.28. The summed E-state index contributed by atoms with van der Waals surface area (Å²) in [4.78, 5) is 3.51. The van der Waals surface area contributed by atoms with Crippen LogP contribution in [0.15, 0.2) is 6.20 Å². The summed E-state index contributed by atoms with van der Waals surface area (Å²) in [5, 5.41) is 8.49. The second-order valence-corrected chi connectivity index (χ2v) is 3.28. The quantitative estimate of drug-likeness (QED) is 0.807. The largest absolute Gasteiger partial charge is 0.395 e. The molecule has 0 bridgehead atoms. The summed E-state index contributed by atoms with van der Waals surface area (Å²) >= 11 is 1.67. The molecule has 1 aromatic rings. The molecule has 13 heavy (non-hydrogen) atoms. The molecule has 1 heterocycles. The molecule has 0 unspecified atom stereocenters. The molecule has 0 aliphatic carbocycles. The Kier molecular flexibility index (Phi) is 2.98. The van der Waals surface area contributed by atoms with Crippen LogP contribution in [-0.2, 0) is 0 Å². The van der Waals surface area contributed by atoms with Gasteiger partial charge in [0.2, 0.25) is 0 Å². The molecular weight excluding hydrogens is 291 g/mol. The fraction of sp³-hybridized carbons (Fsp3) is 0.143. The van der Waals surface area contributed by atoms with E-state index in [1.165, 1.54) is 0 Å². The van der Waals surface area contributed by atoms with Gasteiger partial charge in [-0.15, -0.1) is 0 Å². The maximum Gasteiger partial charge on any atom is 0.266 e. The first-order chi connectivity index (χ1) is 6.07. The number of pyridine rings is 1. The molecule has 6 heteroatoms. The van der Waals surface area contributed by atoms with Crippen molar-refractivity contribution in [2.75, 3.05) is 5.73 Å². The molecule has 0 aliphatic rings. The second kappa shape index (κ2) is 3.83. The van der Waals surface area contributed by atoms with Crippen molar-refractivity contribution in [2.45, 2.75) is 6.43 Å². The Hall–Kier alpha value is -0.970. The van der Waals surface area contributed by atoms with Crippen LogP contribution in [0.1, 0.15) is 17.7 Å². The van der Waals surface area contributed by atoms with E-state index in [0.29, 0.717) is 0 Å². The lowest BCUT2D eigenvalue weighted by molar-refractivity contribution is 0.150. The van der Waals surface area contributed by atoms with Crippen LogP contribution >= 0.6 is 22.6 Å². The highest BCUT2D eigenvalue weighted by Gasteiger charge is 2.16. The van der Waals surface area contributed by atoms with Crippen molar-refractivity contribution in [3.05, 3.63) is 21.0 Å². The van der Waals surface area contributed by atoms with Crippen LogP contribution in [0.25, 0.3) is 0 Å². The Bertz CT molecular complexity index is 373. The molecule has 0 aliphatic heterocycles. The molecule has 3 nitrogen and oxygen atoms in total. The van der Waals surface area contributed by atoms with Gasteiger partial charge in [0, 0.05) is 9.77 Å². The number of hydrogen-bond donors (Lipinski definition) is 1. The lowest BCUT2D eigenvalue weighted by Gasteiger charge is -2.05. The number of nitrogen functional groups attached to an aromatic ring is 1. The lowest BCUT2D eigenvalue weighted by Crippen LogP contribution is -2.01. The third-order valence-corrected chi connectivity index (χ3v) is 2.62. The summed E-state index contributed by atoms with van der Waals surface area (Å²) < 4.78 is 24.7. The minimum atomic E-state index is -2.62. The van der Waals surface area contributed by atoms with Gasteiger partial charge in [-0.1, -0.05) is 0 Å². The molecule has 0 saturated heterocycles. The minimum Gasteiger partial charge on any atom is -0.395 e. The van der Waals surface area contributed by atoms with Crippen molar-refractivity contribution < 1.29 is 8.78 Å². The van der Waals surface area contributed by atoms with Crippen LogP contribution in [0, 0.1) is 14.9 Å². The van der Waals surface area contributed by atoms with E-state index in [4.69, 9.17) is 11.0 Å². The highest BCUT2D eigenvalue weighted by atomic mass is 127. The Morgan fingerprint density at radius 3 is 2.69 bits per heavy atom. The molecular formula is C7H4F2IN3. The molecule has 0 aromatic carbocycles. The van der Waals surface area contributed by atoms with Gasteiger partial charge in [0.05, 0.1) is 11.3 Å². The maximum absolute atomic E-state index is 12.3. The number of anilines is 1. The Morgan fingerprint density at radius 1 is 1.62 bits per heavy atom. The van der Waals surface area contributed by atoms with E-state index < -0.39 is 6.43 Å². The second-order valence-electron chi connectivity index (χ2n) is 2.20. The minimum absolute atomic E-state index is 0.0147. The lowest BCUT2D eigenvalue weighted by atomic mass is 10.2. The van der Waals surface area contributed by atoms with Crippen LogP contribution in [0.2, 0.25) is 0 Å². The van der Waals surface area contributed by atoms with Gasteiger partial charge in [0.1, 0.15) is 6.07 Å². The van der Waals surface area contributed by atoms with Gasteiger partial charge >= 0.3 is 0 Å². The predicted octanol–water partition coefficient (Wildman–Crippen LogP) is 2.08. The van der Waals surface area contributed by atoms with E-state index in [-0.39, 0.29) is 20.5 Å². The average molecular weight is 295 g/mol. The van der Waals surface area contributed by atoms with Crippen molar-refractivity contribution in [2.24, 2.45) is 0 Å². The zero-order chi connectivity index (χ0) is 10.0. The van der Waals surface area contributed by atoms with Crippen LogP contribution in [-0.4, -0.2) is 4.98 Å². The average Bonchev–Trinajstić information content (AvgIpc) is 2.09. The summed E-state index contributed by atoms with van der Waals surface area (Å²) in [5.74, 6) is 0. The van der Waals surface area contributed by atoms with Gasteiger partial charge in [0.25, 0.3) is 6.43 Å². The van der Waals surface area contributed by atoms with E-state index in [9.17, 15) is 8.78 Å². The molecule has 0 spiro atoms. The molecule has 2 N–H and O–H groups in total. The van der Waals surface area contributed by atoms with Gasteiger partial charge in [-0.3, -0.25) is 0 Å². The summed E-state index contributed by atoms with van der Waals surface area (Å²) in [7, 11) is 0. The molecule has 0 fully saturated rings. The molecule has 1 aromatic heterocycles. The summed E-state index contributed by atoms with van der Waals surface area (Å²) in [5.41, 5.74) is 5.16. The van der Waals surface area contributed by atoms with Gasteiger partial charge in [-0.25, -0.2) is 13.8 Å². The zero-order valence-corrected chi connectivity index (χ0v) is 8.42. The molecule has 0 amide bonds. The number of aromatic nitrogens is 1. The van der Waals surface area contributed by atoms with Crippen LogP contribution in [0.3, 0.4) is 0 Å². The maximum atomic E-state index is 12.3. The van der Waals surface area contributed by atoms with Crippen molar-refractivity contribution >= 4 is 28.3 Å². The van der Waals surface area contributed by atoms with Crippen molar-refractivity contribution in [1.29, 1.82) is 5.26 Å². The number of rotatable bonds is 1. The van der Waals surface area contributed by atoms with E-state index in [1.54, 1.807) is 28.7 Å². The number of hydrogen-bond acceptors (Lipinski definition) is 3. The van der Waals surface area contributed by atoms with E-state index in [0.717, 1.165) is 6.20 Å². The van der Waals surface area contributed by atoms with Crippen molar-refractivity contribution in [1.82, 2.24) is 4.98 Å². The Balaban J connectivity index is 3.33. The summed E-state index contributed by atoms with van der Waals surface area (Å²) in [6.45, 7) is 0. The van der Waals surface area contributed by atoms with Crippen LogP contribution in [0.4, 0.5) is 14.5 Å². The highest BCUT2D eigenvalue weighted by Crippen LogP contribution is 2.28. The smallest absolute Gasteiger partial charge is 0.266 e. The van der Waals surface area contributed by atoms with Crippen LogP contribution in [0.5, 0.6) is 0 Å². The number of nitrogens with zero attached hydrogens (tertiary/aromatic N) is 2. The summed E-state index contributed by atoms with van der Waals surface area (Å²) in [6.07, 6.45) is -1.64. The van der Waals surface area contributed by atoms with E-state index in [1.807, 2.05) is 0 Å². The molecule has 1 rings (SSSR count). The first kappa shape index (κ1) is 10.1. The zero-order valence-electron chi connectivity index (χ0n) is 6.26. The number of nitrogens with two attached hydrogens (primary N) is 1. The number of nitriles is 1. The standard InChI is InChI=1S/C7H4F2IN3/c8-7(9)3-2-13-4(1-11)6(12)5(3)10/h2,7H,12H2. The molecule has 0 atom stereocenters. The number of halogens is 3. The van der Waals surface area contributed by atoms with Crippen LogP contribution < -0.4 is 5.73 Å². The van der Waals surface area contributed by atoms with Crippen molar-refractivity contribution in [3.8, 4) is 6.07 Å². The SMILES string of the molecule is N#Cc1ncc(C(F)F)c(I)c1N. The predicted molar refractivity (Wildman–Crippen MR) is 51.0 cm³/mol. The summed E-state index contributed by atoms with van der Waals surface area (Å²) in [6, 6.07) is 1.72. The highest BCUT2D eigenvalue weighted by molar-refractivity contribution is 14.1. The normalized spacial score (nSPS) is 10.1. The first-order valence-electron chi connectivity index (χ1n) is 3.20. The molecule has 0 radical (unpaired) electrons. The fourth-order valence-electron chi connectivity index (χ4n) is 0.761. The Labute approximate surface area is 86.7 Å². The van der Waals surface area contributed by atoms with Gasteiger partial charge in [0.15, 0.2) is 5.69 Å². The third kappa shape index (κ3) is 1.85. The van der Waals surface area contributed by atoms with Gasteiger partial charge in [-0.05, 0) is 22.6 Å². The van der Waals surface area contributed by atoms with E-state index >= 15 is 0 Å². The molecule has 68 valence electrons. The topological polar surface area (TPSA) is 62.7 Å². The Morgan fingerprint density at radius 2 is 2.23 bits per heavy atom.